The number of likely N-dealkylation sites (N-methyl/N-ethyl adjacent to an activating group) is 2. The van der Waals surface area contributed by atoms with Crippen LogP contribution < -0.4 is 16.4 Å². The number of nitrogens with two attached hydrogens (primary N) is 1. The highest BCUT2D eigenvalue weighted by Crippen LogP contribution is 2.41. The van der Waals surface area contributed by atoms with Crippen LogP contribution in [-0.2, 0) is 68.3 Å². The minimum atomic E-state index is -0.846. The zero-order chi connectivity index (χ0) is 48.3. The van der Waals surface area contributed by atoms with Crippen LogP contribution in [0.4, 0.5) is 0 Å². The van der Waals surface area contributed by atoms with Crippen molar-refractivity contribution in [3.8, 4) is 0 Å². The summed E-state index contributed by atoms with van der Waals surface area (Å²) < 4.78 is 25.5. The summed E-state index contributed by atoms with van der Waals surface area (Å²) in [6, 6.07) is 12.0. The zero-order valence-corrected chi connectivity index (χ0v) is 40.6. The fraction of sp³-hybridized carbons (Fsp3) is 0.615. The number of aromatic nitrogens is 2. The van der Waals surface area contributed by atoms with Gasteiger partial charge in [0.15, 0.2) is 0 Å². The third kappa shape index (κ3) is 12.5. The van der Waals surface area contributed by atoms with Crippen LogP contribution in [0.1, 0.15) is 95.6 Å². The first-order chi connectivity index (χ1) is 32.9. The first-order valence-corrected chi connectivity index (χ1v) is 24.9. The van der Waals surface area contributed by atoms with Crippen LogP contribution in [0.2, 0.25) is 0 Å². The van der Waals surface area contributed by atoms with Crippen LogP contribution in [0.3, 0.4) is 0 Å². The number of rotatable bonds is 11. The number of amides is 2. The normalized spacial score (nSPS) is 20.7. The molecule has 2 unspecified atom stereocenters. The molecule has 2 aliphatic carbocycles. The highest BCUT2D eigenvalue weighted by molar-refractivity contribution is 6.01. The van der Waals surface area contributed by atoms with Crippen molar-refractivity contribution < 1.29 is 48.3 Å². The molecule has 372 valence electrons. The van der Waals surface area contributed by atoms with E-state index >= 15 is 0 Å². The molecule has 4 aromatic rings. The molecule has 0 radical (unpaired) electrons. The summed E-state index contributed by atoms with van der Waals surface area (Å²) in [7, 11) is 4.25. The van der Waals surface area contributed by atoms with E-state index in [4.69, 9.17) is 29.8 Å². The van der Waals surface area contributed by atoms with E-state index < -0.39 is 11.9 Å². The molecule has 0 saturated carbocycles. The monoisotopic (exact) mass is 943 g/mol. The second kappa shape index (κ2) is 24.1. The number of aliphatic carboxylic acids is 1. The summed E-state index contributed by atoms with van der Waals surface area (Å²) >= 11 is 0. The second-order valence-electron chi connectivity index (χ2n) is 19.2. The predicted molar refractivity (Wildman–Crippen MR) is 260 cm³/mol. The van der Waals surface area contributed by atoms with Gasteiger partial charge in [-0.05, 0) is 149 Å². The van der Waals surface area contributed by atoms with Gasteiger partial charge >= 0.3 is 11.9 Å². The number of ether oxygens (including phenoxy) is 4. The van der Waals surface area contributed by atoms with E-state index in [1.54, 1.807) is 11.0 Å². The number of carboxylic acids is 2. The SMILES string of the molecule is CCN(CC(=O)NC1COC1)C(=O)c1ccc2c(c1)c1c(n2C)CCC(C2CCOCC2)C1.CCNCC(=O)O.Cn1c2c(c3cc(C(=O)O)ccc31)CC(C1CCOCC1)CC2.NC1COC1. The Balaban J connectivity index is 0.000000168. The Kier molecular flexibility index (Phi) is 18.1. The van der Waals surface area contributed by atoms with Crippen molar-refractivity contribution in [2.24, 2.45) is 43.5 Å². The molecule has 4 saturated heterocycles. The van der Waals surface area contributed by atoms with Crippen molar-refractivity contribution in [2.45, 2.75) is 90.1 Å². The highest BCUT2D eigenvalue weighted by Gasteiger charge is 2.33. The Labute approximate surface area is 400 Å². The van der Waals surface area contributed by atoms with E-state index in [0.717, 1.165) is 101 Å². The lowest BCUT2D eigenvalue weighted by Gasteiger charge is -2.33. The number of aryl methyl sites for hydroxylation is 2. The number of carboxylic acid groups (broad SMARTS) is 2. The molecule has 6 aliphatic rings. The molecular weight excluding hydrogens is 869 g/mol. The number of aromatic carboxylic acids is 1. The van der Waals surface area contributed by atoms with Crippen molar-refractivity contribution in [2.75, 3.05) is 79.0 Å². The minimum Gasteiger partial charge on any atom is -0.480 e. The van der Waals surface area contributed by atoms with E-state index in [1.807, 2.05) is 32.0 Å². The first kappa shape index (κ1) is 51.0. The van der Waals surface area contributed by atoms with Crippen LogP contribution >= 0.6 is 0 Å². The Hall–Kier alpha value is -4.84. The fourth-order valence-corrected chi connectivity index (χ4v) is 10.8. The van der Waals surface area contributed by atoms with Crippen molar-refractivity contribution in [1.82, 2.24) is 24.7 Å². The van der Waals surface area contributed by atoms with Crippen LogP contribution in [-0.4, -0.2) is 139 Å². The summed E-state index contributed by atoms with van der Waals surface area (Å²) in [4.78, 5) is 48.3. The number of carbonyl (C=O) groups is 4. The smallest absolute Gasteiger partial charge is 0.335 e. The molecule has 0 bridgehead atoms. The standard InChI is InChI=1S/C26H35N3O4.C19H23NO3.C4H9NO2.C3H7NO/c1-3-29(14-25(30)27-20-15-33-16-20)26(31)19-5-7-24-22(13-19)21-12-18(4-6-23(21)28(24)2)17-8-10-32-11-9-17;1-20-17-4-2-13(12-6-8-23-9-7-12)10-15(17)16-11-14(19(21)22)3-5-18(16)20;1-2-5-3-4(6)7;4-3-1-5-2-3/h5,7,13,17-18,20H,3-4,6,8-12,14-16H2,1-2H3,(H,27,30);3,5,11-13H,2,4,6-10H2,1H3,(H,21,22);5H,2-3H2,1H3,(H,6,7);3H,1-2,4H2. The summed E-state index contributed by atoms with van der Waals surface area (Å²) in [5.41, 5.74) is 14.2. The number of hydrogen-bond donors (Lipinski definition) is 5. The van der Waals surface area contributed by atoms with Gasteiger partial charge in [0, 0.05) is 85.8 Å². The quantitative estimate of drug-likeness (QED) is 0.133. The molecule has 2 aromatic heterocycles. The molecule has 2 aromatic carbocycles. The summed E-state index contributed by atoms with van der Waals surface area (Å²) in [6.45, 7) is 11.3. The van der Waals surface area contributed by atoms with Gasteiger partial charge in [-0.2, -0.15) is 0 Å². The number of fused-ring (bicyclic) bond motifs is 6. The lowest BCUT2D eigenvalue weighted by Crippen LogP contribution is -2.51. The van der Waals surface area contributed by atoms with Gasteiger partial charge < -0.3 is 59.6 Å². The molecule has 68 heavy (non-hydrogen) atoms. The van der Waals surface area contributed by atoms with Gasteiger partial charge in [0.1, 0.15) is 0 Å². The van der Waals surface area contributed by atoms with Crippen LogP contribution in [0.25, 0.3) is 21.8 Å². The molecule has 6 heterocycles. The Morgan fingerprint density at radius 3 is 1.57 bits per heavy atom. The minimum absolute atomic E-state index is 0.0660. The molecule has 16 heteroatoms. The third-order valence-electron chi connectivity index (χ3n) is 14.9. The molecule has 4 aliphatic heterocycles. The van der Waals surface area contributed by atoms with E-state index in [1.165, 1.54) is 59.1 Å². The average Bonchev–Trinajstić information content (AvgIpc) is 3.79. The number of benzene rings is 2. The zero-order valence-electron chi connectivity index (χ0n) is 40.6. The third-order valence-corrected chi connectivity index (χ3v) is 14.9. The number of nitrogens with one attached hydrogen (secondary N) is 2. The average molecular weight is 943 g/mol. The van der Waals surface area contributed by atoms with E-state index in [-0.39, 0.29) is 30.9 Å². The number of nitrogens with zero attached hydrogens (tertiary/aromatic N) is 3. The van der Waals surface area contributed by atoms with Crippen LogP contribution in [0.15, 0.2) is 36.4 Å². The molecule has 10 rings (SSSR count). The highest BCUT2D eigenvalue weighted by atomic mass is 16.5. The molecule has 2 atom stereocenters. The number of carbonyl (C=O) groups excluding carboxylic acids is 2. The van der Waals surface area contributed by atoms with Gasteiger partial charge in [0.25, 0.3) is 5.91 Å². The second-order valence-corrected chi connectivity index (χ2v) is 19.2. The molecule has 4 fully saturated rings. The van der Waals surface area contributed by atoms with Crippen molar-refractivity contribution in [3.63, 3.8) is 0 Å². The van der Waals surface area contributed by atoms with E-state index in [2.05, 4.69) is 46.0 Å². The van der Waals surface area contributed by atoms with Gasteiger partial charge in [-0.25, -0.2) is 4.79 Å². The van der Waals surface area contributed by atoms with Crippen molar-refractivity contribution in [1.29, 1.82) is 0 Å². The largest absolute Gasteiger partial charge is 0.480 e. The van der Waals surface area contributed by atoms with Gasteiger partial charge in [0.05, 0.1) is 57.2 Å². The lowest BCUT2D eigenvalue weighted by atomic mass is 9.75. The lowest BCUT2D eigenvalue weighted by molar-refractivity contribution is -0.136. The maximum Gasteiger partial charge on any atom is 0.335 e. The maximum absolute atomic E-state index is 13.3. The predicted octanol–water partition coefficient (Wildman–Crippen LogP) is 5.12. The van der Waals surface area contributed by atoms with Crippen molar-refractivity contribution >= 4 is 45.6 Å². The molecular formula is C52H74N6O10. The Bertz CT molecular complexity index is 2360. The summed E-state index contributed by atoms with van der Waals surface area (Å²) in [6.07, 6.45) is 11.5. The van der Waals surface area contributed by atoms with Gasteiger partial charge in [-0.15, -0.1) is 0 Å². The summed E-state index contributed by atoms with van der Waals surface area (Å²) in [5.74, 6) is 1.04. The topological polar surface area (TPSA) is 209 Å². The van der Waals surface area contributed by atoms with Crippen LogP contribution in [0.5, 0.6) is 0 Å². The van der Waals surface area contributed by atoms with Gasteiger partial charge in [-0.1, -0.05) is 6.92 Å². The molecule has 2 amide bonds. The van der Waals surface area contributed by atoms with Crippen LogP contribution in [0, 0.1) is 23.7 Å². The van der Waals surface area contributed by atoms with Gasteiger partial charge in [-0.3, -0.25) is 14.4 Å². The maximum atomic E-state index is 13.3. The molecule has 16 nitrogen and oxygen atoms in total. The summed E-state index contributed by atoms with van der Waals surface area (Å²) in [5, 5.41) is 25.2. The molecule has 0 spiro atoms. The number of hydrogen-bond acceptors (Lipinski definition) is 10. The van der Waals surface area contributed by atoms with E-state index in [0.29, 0.717) is 55.3 Å². The van der Waals surface area contributed by atoms with E-state index in [9.17, 15) is 24.3 Å². The first-order valence-electron chi connectivity index (χ1n) is 24.9. The molecule has 6 N–H and O–H groups in total. The Morgan fingerprint density at radius 2 is 1.18 bits per heavy atom. The van der Waals surface area contributed by atoms with Crippen molar-refractivity contribution in [3.05, 3.63) is 70.0 Å². The van der Waals surface area contributed by atoms with Gasteiger partial charge in [0.2, 0.25) is 5.91 Å². The fourth-order valence-electron chi connectivity index (χ4n) is 10.8. The Morgan fingerprint density at radius 1 is 0.691 bits per heavy atom.